The van der Waals surface area contributed by atoms with E-state index < -0.39 is 17.6 Å². The van der Waals surface area contributed by atoms with Crippen molar-refractivity contribution in [2.45, 2.75) is 32.2 Å². The number of carbonyl (C=O) groups excluding carboxylic acids is 1. The van der Waals surface area contributed by atoms with E-state index in [1.165, 1.54) is 25.3 Å². The van der Waals surface area contributed by atoms with Crippen LogP contribution in [0.1, 0.15) is 49.6 Å². The number of methoxy groups -OCH3 is 2. The summed E-state index contributed by atoms with van der Waals surface area (Å²) in [7, 11) is 2.67. The molecule has 39 heavy (non-hydrogen) atoms. The van der Waals surface area contributed by atoms with Gasteiger partial charge in [-0.25, -0.2) is 0 Å². The Kier molecular flexibility index (Phi) is 8.50. The molecule has 0 bridgehead atoms. The molecule has 0 saturated heterocycles. The highest BCUT2D eigenvalue weighted by atomic mass is 19.4. The molecule has 2 aromatic carbocycles. The first kappa shape index (κ1) is 27.6. The molecule has 0 unspecified atom stereocenters. The Morgan fingerprint density at radius 2 is 1.67 bits per heavy atom. The van der Waals surface area contributed by atoms with Crippen LogP contribution in [0.3, 0.4) is 0 Å². The van der Waals surface area contributed by atoms with E-state index in [0.29, 0.717) is 29.7 Å². The van der Waals surface area contributed by atoms with Crippen molar-refractivity contribution < 1.29 is 27.4 Å². The van der Waals surface area contributed by atoms with Gasteiger partial charge in [0.2, 0.25) is 0 Å². The average Bonchev–Trinajstić information content (AvgIpc) is 3.31. The second-order valence-electron chi connectivity index (χ2n) is 8.83. The minimum atomic E-state index is -4.66. The van der Waals surface area contributed by atoms with Gasteiger partial charge in [0.25, 0.3) is 11.5 Å². The largest absolute Gasteiger partial charge is 0.496 e. The number of H-pyrrole nitrogens is 2. The molecule has 2 heterocycles. The smallest absolute Gasteiger partial charge is 0.420 e. The van der Waals surface area contributed by atoms with Gasteiger partial charge in [-0.05, 0) is 28.8 Å². The van der Waals surface area contributed by atoms with E-state index in [1.807, 2.05) is 24.3 Å². The van der Waals surface area contributed by atoms with E-state index in [1.54, 1.807) is 18.3 Å². The minimum absolute atomic E-state index is 0.0680. The summed E-state index contributed by atoms with van der Waals surface area (Å²) in [5, 5.41) is 9.49. The monoisotopic (exact) mass is 540 g/mol. The summed E-state index contributed by atoms with van der Waals surface area (Å²) in [6.07, 6.45) is -2.28. The van der Waals surface area contributed by atoms with Gasteiger partial charge in [0.1, 0.15) is 11.3 Å². The molecule has 0 atom stereocenters. The Morgan fingerprint density at radius 1 is 0.974 bits per heavy atom. The van der Waals surface area contributed by atoms with Gasteiger partial charge in [0, 0.05) is 43.8 Å². The number of aromatic nitrogens is 3. The fraction of sp³-hybridized carbons (Fsp3) is 0.250. The van der Waals surface area contributed by atoms with Gasteiger partial charge in [-0.3, -0.25) is 14.7 Å². The molecule has 1 amide bonds. The first-order valence-electron chi connectivity index (χ1n) is 12.0. The second-order valence-corrected chi connectivity index (χ2v) is 8.83. The van der Waals surface area contributed by atoms with E-state index in [9.17, 15) is 22.8 Å². The summed E-state index contributed by atoms with van der Waals surface area (Å²) in [5.41, 5.74) is 2.48. The van der Waals surface area contributed by atoms with Crippen molar-refractivity contribution >= 4 is 5.91 Å². The SMILES string of the molecule is COCc1[nH]nc(C(=O)NCc2cccc(OC)c2C(F)(F)F)c1Cc1ccc(Cc2ccc[nH]c2=O)cc1. The number of hydrogen-bond donors (Lipinski definition) is 3. The normalized spacial score (nSPS) is 11.4. The lowest BCUT2D eigenvalue weighted by molar-refractivity contribution is -0.139. The number of benzene rings is 2. The zero-order chi connectivity index (χ0) is 28.0. The van der Waals surface area contributed by atoms with E-state index >= 15 is 0 Å². The molecular formula is C28H27F3N4O4. The van der Waals surface area contributed by atoms with Crippen LogP contribution in [-0.2, 0) is 36.9 Å². The molecule has 11 heteroatoms. The first-order chi connectivity index (χ1) is 18.7. The van der Waals surface area contributed by atoms with Crippen molar-refractivity contribution in [3.63, 3.8) is 0 Å². The summed E-state index contributed by atoms with van der Waals surface area (Å²) in [6.45, 7) is -0.206. The second kappa shape index (κ2) is 12.0. The molecule has 0 saturated carbocycles. The van der Waals surface area contributed by atoms with Crippen molar-refractivity contribution in [3.05, 3.63) is 116 Å². The maximum atomic E-state index is 13.7. The van der Waals surface area contributed by atoms with Crippen LogP contribution in [0.5, 0.6) is 5.75 Å². The van der Waals surface area contributed by atoms with Crippen LogP contribution < -0.4 is 15.6 Å². The number of nitrogens with one attached hydrogen (secondary N) is 3. The number of alkyl halides is 3. The van der Waals surface area contributed by atoms with Crippen molar-refractivity contribution in [1.82, 2.24) is 20.5 Å². The lowest BCUT2D eigenvalue weighted by atomic mass is 9.99. The van der Waals surface area contributed by atoms with Gasteiger partial charge in [0.05, 0.1) is 19.4 Å². The maximum absolute atomic E-state index is 13.7. The predicted molar refractivity (Wildman–Crippen MR) is 138 cm³/mol. The fourth-order valence-corrected chi connectivity index (χ4v) is 4.31. The van der Waals surface area contributed by atoms with E-state index in [4.69, 9.17) is 9.47 Å². The third-order valence-corrected chi connectivity index (χ3v) is 6.21. The summed E-state index contributed by atoms with van der Waals surface area (Å²) in [6, 6.07) is 15.1. The van der Waals surface area contributed by atoms with Crippen LogP contribution in [0, 0.1) is 0 Å². The summed E-state index contributed by atoms with van der Waals surface area (Å²) >= 11 is 0. The Hall–Kier alpha value is -4.38. The number of pyridine rings is 1. The van der Waals surface area contributed by atoms with Crippen LogP contribution in [-0.4, -0.2) is 35.3 Å². The summed E-state index contributed by atoms with van der Waals surface area (Å²) in [4.78, 5) is 27.7. The molecule has 3 N–H and O–H groups in total. The van der Waals surface area contributed by atoms with Crippen molar-refractivity contribution in [1.29, 1.82) is 0 Å². The van der Waals surface area contributed by atoms with Gasteiger partial charge in [-0.2, -0.15) is 18.3 Å². The molecular weight excluding hydrogens is 513 g/mol. The maximum Gasteiger partial charge on any atom is 0.420 e. The van der Waals surface area contributed by atoms with Crippen LogP contribution in [0.25, 0.3) is 0 Å². The fourth-order valence-electron chi connectivity index (χ4n) is 4.31. The van der Waals surface area contributed by atoms with Crippen molar-refractivity contribution in [2.75, 3.05) is 14.2 Å². The minimum Gasteiger partial charge on any atom is -0.496 e. The highest BCUT2D eigenvalue weighted by Gasteiger charge is 2.37. The summed E-state index contributed by atoms with van der Waals surface area (Å²) < 4.78 is 51.1. The highest BCUT2D eigenvalue weighted by Crippen LogP contribution is 2.38. The van der Waals surface area contributed by atoms with Gasteiger partial charge >= 0.3 is 6.18 Å². The molecule has 4 rings (SSSR count). The Labute approximate surface area is 222 Å². The molecule has 0 fully saturated rings. The molecule has 0 spiro atoms. The quantitative estimate of drug-likeness (QED) is 0.277. The topological polar surface area (TPSA) is 109 Å². The molecule has 4 aromatic rings. The summed E-state index contributed by atoms with van der Waals surface area (Å²) in [5.74, 6) is -0.947. The van der Waals surface area contributed by atoms with Crippen LogP contribution >= 0.6 is 0 Å². The molecule has 0 aliphatic carbocycles. The zero-order valence-corrected chi connectivity index (χ0v) is 21.3. The molecule has 0 radical (unpaired) electrons. The van der Waals surface area contributed by atoms with Crippen LogP contribution in [0.4, 0.5) is 13.2 Å². The standard InChI is InChI=1S/C28H27F3N4O4/c1-38-16-22-21(14-18-10-8-17(9-11-18)13-19-6-4-12-32-26(19)36)25(35-34-22)27(37)33-15-20-5-3-7-23(39-2)24(20)28(29,30)31/h3-12H,13-16H2,1-2H3,(H,32,36)(H,33,37)(H,34,35). The Balaban J connectivity index is 1.53. The Bertz CT molecular complexity index is 1490. The Morgan fingerprint density at radius 3 is 2.31 bits per heavy atom. The van der Waals surface area contributed by atoms with E-state index in [2.05, 4.69) is 20.5 Å². The number of amides is 1. The number of carbonyl (C=O) groups is 1. The van der Waals surface area contributed by atoms with E-state index in [-0.39, 0.29) is 35.7 Å². The van der Waals surface area contributed by atoms with E-state index in [0.717, 1.165) is 18.2 Å². The number of ether oxygens (including phenoxy) is 2. The third kappa shape index (κ3) is 6.55. The van der Waals surface area contributed by atoms with Crippen molar-refractivity contribution in [3.8, 4) is 5.75 Å². The number of hydrogen-bond acceptors (Lipinski definition) is 5. The van der Waals surface area contributed by atoms with Crippen LogP contribution in [0.2, 0.25) is 0 Å². The van der Waals surface area contributed by atoms with Gasteiger partial charge in [-0.15, -0.1) is 0 Å². The molecule has 0 aliphatic heterocycles. The zero-order valence-electron chi connectivity index (χ0n) is 21.3. The number of nitrogens with zero attached hydrogens (tertiary/aromatic N) is 1. The first-order valence-corrected chi connectivity index (χ1v) is 12.0. The number of rotatable bonds is 10. The molecule has 2 aromatic heterocycles. The molecule has 8 nitrogen and oxygen atoms in total. The van der Waals surface area contributed by atoms with Crippen molar-refractivity contribution in [2.24, 2.45) is 0 Å². The van der Waals surface area contributed by atoms with Gasteiger partial charge < -0.3 is 19.8 Å². The van der Waals surface area contributed by atoms with Crippen LogP contribution in [0.15, 0.2) is 65.6 Å². The lowest BCUT2D eigenvalue weighted by Gasteiger charge is -2.16. The number of halogens is 3. The third-order valence-electron chi connectivity index (χ3n) is 6.21. The molecule has 204 valence electrons. The van der Waals surface area contributed by atoms with Gasteiger partial charge in [0.15, 0.2) is 5.69 Å². The predicted octanol–water partition coefficient (Wildman–Crippen LogP) is 4.38. The van der Waals surface area contributed by atoms with Gasteiger partial charge in [-0.1, -0.05) is 42.5 Å². The molecule has 0 aliphatic rings. The highest BCUT2D eigenvalue weighted by molar-refractivity contribution is 5.94. The lowest BCUT2D eigenvalue weighted by Crippen LogP contribution is -2.26. The number of aromatic amines is 2. The average molecular weight is 541 g/mol.